The number of nitrogens with zero attached hydrogens (tertiary/aromatic N) is 3. The van der Waals surface area contributed by atoms with Crippen LogP contribution in [0.3, 0.4) is 0 Å². The Labute approximate surface area is 131 Å². The van der Waals surface area contributed by atoms with Crippen LogP contribution in [0.15, 0.2) is 6.20 Å². The Balaban J connectivity index is 2.30. The van der Waals surface area contributed by atoms with Crippen molar-refractivity contribution in [2.75, 3.05) is 12.3 Å². The molecule has 0 bridgehead atoms. The lowest BCUT2D eigenvalue weighted by Gasteiger charge is -2.24. The molecule has 122 valence electrons. The van der Waals surface area contributed by atoms with Crippen molar-refractivity contribution in [1.29, 1.82) is 0 Å². The molecule has 0 spiro atoms. The van der Waals surface area contributed by atoms with E-state index in [4.69, 9.17) is 0 Å². The lowest BCUT2D eigenvalue weighted by atomic mass is 10.1. The Bertz CT molecular complexity index is 660. The average molecular weight is 326 g/mol. The largest absolute Gasteiger partial charge is 0.334 e. The molecule has 1 amide bonds. The summed E-state index contributed by atoms with van der Waals surface area (Å²) >= 11 is 0. The Morgan fingerprint density at radius 1 is 1.50 bits per heavy atom. The van der Waals surface area contributed by atoms with Crippen LogP contribution in [0.4, 0.5) is 0 Å². The van der Waals surface area contributed by atoms with Gasteiger partial charge in [-0.25, -0.2) is 23.1 Å². The summed E-state index contributed by atoms with van der Waals surface area (Å²) in [7, 11) is -3.28. The minimum absolute atomic E-state index is 0.0128. The SMILES string of the molecule is CCS(=O)(=O)NCc1cnc(C)nc1[C@@H]1CCCN1C(C)=O. The Kier molecular flexibility index (Phi) is 5.12. The third-order valence-electron chi connectivity index (χ3n) is 3.85. The van der Waals surface area contributed by atoms with Crippen LogP contribution in [0.5, 0.6) is 0 Å². The first-order valence-electron chi connectivity index (χ1n) is 7.41. The summed E-state index contributed by atoms with van der Waals surface area (Å²) in [5.74, 6) is 0.657. The van der Waals surface area contributed by atoms with Gasteiger partial charge in [-0.1, -0.05) is 0 Å². The second-order valence-electron chi connectivity index (χ2n) is 5.42. The normalized spacial score (nSPS) is 18.7. The zero-order valence-electron chi connectivity index (χ0n) is 13.2. The maximum absolute atomic E-state index is 11.8. The fourth-order valence-electron chi connectivity index (χ4n) is 2.65. The second-order valence-corrected chi connectivity index (χ2v) is 7.52. The van der Waals surface area contributed by atoms with Gasteiger partial charge in [0, 0.05) is 31.8 Å². The maximum Gasteiger partial charge on any atom is 0.220 e. The van der Waals surface area contributed by atoms with E-state index < -0.39 is 10.0 Å². The third kappa shape index (κ3) is 3.80. The topological polar surface area (TPSA) is 92.3 Å². The third-order valence-corrected chi connectivity index (χ3v) is 5.20. The van der Waals surface area contributed by atoms with Crippen LogP contribution in [-0.4, -0.2) is 41.5 Å². The number of carbonyl (C=O) groups excluding carboxylic acids is 1. The van der Waals surface area contributed by atoms with Crippen LogP contribution in [0.1, 0.15) is 49.8 Å². The summed E-state index contributed by atoms with van der Waals surface area (Å²) < 4.78 is 25.8. The Morgan fingerprint density at radius 3 is 2.86 bits per heavy atom. The van der Waals surface area contributed by atoms with Crippen LogP contribution in [0.2, 0.25) is 0 Å². The first-order chi connectivity index (χ1) is 10.3. The highest BCUT2D eigenvalue weighted by atomic mass is 32.2. The molecular formula is C14H22N4O3S. The van der Waals surface area contributed by atoms with Gasteiger partial charge in [0.05, 0.1) is 17.5 Å². The number of amides is 1. The van der Waals surface area contributed by atoms with Gasteiger partial charge in [0.2, 0.25) is 15.9 Å². The van der Waals surface area contributed by atoms with Gasteiger partial charge in [0.15, 0.2) is 0 Å². The predicted molar refractivity (Wildman–Crippen MR) is 82.4 cm³/mol. The molecule has 1 aliphatic rings. The fourth-order valence-corrected chi connectivity index (χ4v) is 3.23. The molecule has 0 unspecified atom stereocenters. The van der Waals surface area contributed by atoms with Crippen molar-refractivity contribution in [3.8, 4) is 0 Å². The molecule has 2 rings (SSSR count). The van der Waals surface area contributed by atoms with Gasteiger partial charge in [-0.2, -0.15) is 0 Å². The van der Waals surface area contributed by atoms with Crippen LogP contribution in [-0.2, 0) is 21.4 Å². The molecule has 1 aromatic rings. The highest BCUT2D eigenvalue weighted by Crippen LogP contribution is 2.32. The van der Waals surface area contributed by atoms with Gasteiger partial charge in [0.1, 0.15) is 5.82 Å². The van der Waals surface area contributed by atoms with Gasteiger partial charge in [-0.05, 0) is 26.7 Å². The summed E-state index contributed by atoms with van der Waals surface area (Å²) in [4.78, 5) is 22.2. The highest BCUT2D eigenvalue weighted by Gasteiger charge is 2.31. The zero-order chi connectivity index (χ0) is 16.3. The zero-order valence-corrected chi connectivity index (χ0v) is 14.0. The highest BCUT2D eigenvalue weighted by molar-refractivity contribution is 7.89. The van der Waals surface area contributed by atoms with Crippen LogP contribution < -0.4 is 4.72 Å². The number of carbonyl (C=O) groups is 1. The molecular weight excluding hydrogens is 304 g/mol. The number of hydrogen-bond acceptors (Lipinski definition) is 5. The molecule has 1 fully saturated rings. The van der Waals surface area contributed by atoms with Crippen LogP contribution >= 0.6 is 0 Å². The van der Waals surface area contributed by atoms with Crippen LogP contribution in [0, 0.1) is 6.92 Å². The molecule has 22 heavy (non-hydrogen) atoms. The van der Waals surface area contributed by atoms with Crippen molar-refractivity contribution in [3.05, 3.63) is 23.3 Å². The molecule has 7 nitrogen and oxygen atoms in total. The molecule has 1 aromatic heterocycles. The first kappa shape index (κ1) is 16.8. The number of nitrogens with one attached hydrogen (secondary N) is 1. The summed E-state index contributed by atoms with van der Waals surface area (Å²) in [6, 6.07) is -0.0969. The van der Waals surface area contributed by atoms with E-state index in [2.05, 4.69) is 14.7 Å². The van der Waals surface area contributed by atoms with Gasteiger partial charge < -0.3 is 4.90 Å². The summed E-state index contributed by atoms with van der Waals surface area (Å²) in [5.41, 5.74) is 1.47. The average Bonchev–Trinajstić information content (AvgIpc) is 2.95. The lowest BCUT2D eigenvalue weighted by Crippen LogP contribution is -2.31. The second kappa shape index (κ2) is 6.70. The molecule has 0 aromatic carbocycles. The quantitative estimate of drug-likeness (QED) is 0.868. The van der Waals surface area contributed by atoms with Crippen molar-refractivity contribution < 1.29 is 13.2 Å². The van der Waals surface area contributed by atoms with E-state index in [1.165, 1.54) is 0 Å². The van der Waals surface area contributed by atoms with Gasteiger partial charge >= 0.3 is 0 Å². The lowest BCUT2D eigenvalue weighted by molar-refractivity contribution is -0.129. The molecule has 1 saturated heterocycles. The molecule has 1 N–H and O–H groups in total. The van der Waals surface area contributed by atoms with Gasteiger partial charge in [0.25, 0.3) is 0 Å². The monoisotopic (exact) mass is 326 g/mol. The van der Waals surface area contributed by atoms with Crippen LogP contribution in [0.25, 0.3) is 0 Å². The minimum atomic E-state index is -3.28. The first-order valence-corrected chi connectivity index (χ1v) is 9.06. The van der Waals surface area contributed by atoms with Crippen molar-refractivity contribution in [2.24, 2.45) is 0 Å². The summed E-state index contributed by atoms with van der Waals surface area (Å²) in [5, 5.41) is 0. The number of aryl methyl sites for hydroxylation is 1. The Hall–Kier alpha value is -1.54. The molecule has 2 heterocycles. The van der Waals surface area contributed by atoms with Crippen molar-refractivity contribution in [2.45, 2.75) is 46.2 Å². The van der Waals surface area contributed by atoms with Crippen molar-refractivity contribution in [3.63, 3.8) is 0 Å². The van der Waals surface area contributed by atoms with Gasteiger partial charge in [-0.15, -0.1) is 0 Å². The smallest absolute Gasteiger partial charge is 0.220 e. The van der Waals surface area contributed by atoms with Crippen molar-refractivity contribution >= 4 is 15.9 Å². The van der Waals surface area contributed by atoms with E-state index in [1.54, 1.807) is 31.9 Å². The number of aromatic nitrogens is 2. The van der Waals surface area contributed by atoms with E-state index in [0.717, 1.165) is 24.1 Å². The van der Waals surface area contributed by atoms with E-state index in [1.807, 2.05) is 0 Å². The molecule has 0 saturated carbocycles. The van der Waals surface area contributed by atoms with E-state index in [9.17, 15) is 13.2 Å². The number of sulfonamides is 1. The molecule has 0 aliphatic carbocycles. The molecule has 1 atom stereocenters. The number of rotatable bonds is 5. The predicted octanol–water partition coefficient (Wildman–Crippen LogP) is 0.908. The van der Waals surface area contributed by atoms with E-state index in [0.29, 0.717) is 12.4 Å². The van der Waals surface area contributed by atoms with E-state index >= 15 is 0 Å². The summed E-state index contributed by atoms with van der Waals surface area (Å²) in [6.45, 7) is 5.78. The standard InChI is InChI=1S/C14H22N4O3S/c1-4-22(20,21)16-9-12-8-15-10(2)17-14(12)13-6-5-7-18(13)11(3)19/h8,13,16H,4-7,9H2,1-3H3/t13-/m0/s1. The molecule has 1 aliphatic heterocycles. The molecule has 8 heteroatoms. The fraction of sp³-hybridized carbons (Fsp3) is 0.643. The maximum atomic E-state index is 11.8. The number of likely N-dealkylation sites (tertiary alicyclic amines) is 1. The molecule has 0 radical (unpaired) electrons. The van der Waals surface area contributed by atoms with Gasteiger partial charge in [-0.3, -0.25) is 4.79 Å². The minimum Gasteiger partial charge on any atom is -0.334 e. The summed E-state index contributed by atoms with van der Waals surface area (Å²) in [6.07, 6.45) is 3.41. The number of hydrogen-bond donors (Lipinski definition) is 1. The Morgan fingerprint density at radius 2 is 2.23 bits per heavy atom. The van der Waals surface area contributed by atoms with E-state index in [-0.39, 0.29) is 24.2 Å². The van der Waals surface area contributed by atoms with Crippen molar-refractivity contribution in [1.82, 2.24) is 19.6 Å².